The predicted molar refractivity (Wildman–Crippen MR) is 122 cm³/mol. The number of aromatic nitrogens is 1. The van der Waals surface area contributed by atoms with Gasteiger partial charge >= 0.3 is 5.97 Å². The number of nitrogens with one attached hydrogen (secondary N) is 2. The van der Waals surface area contributed by atoms with E-state index in [1.807, 2.05) is 37.3 Å². The molecule has 0 aliphatic carbocycles. The predicted octanol–water partition coefficient (Wildman–Crippen LogP) is 3.81. The van der Waals surface area contributed by atoms with E-state index in [1.165, 1.54) is 11.3 Å². The van der Waals surface area contributed by atoms with Gasteiger partial charge in [-0.05, 0) is 30.7 Å². The molecule has 2 aromatic carbocycles. The van der Waals surface area contributed by atoms with Gasteiger partial charge in [-0.25, -0.2) is 9.78 Å². The lowest BCUT2D eigenvalue weighted by atomic mass is 10.1. The lowest BCUT2D eigenvalue weighted by Crippen LogP contribution is -2.31. The van der Waals surface area contributed by atoms with Crippen LogP contribution in [0.4, 0.5) is 5.13 Å². The fourth-order valence-corrected chi connectivity index (χ4v) is 3.64. The van der Waals surface area contributed by atoms with Crippen molar-refractivity contribution in [2.75, 3.05) is 26.1 Å². The summed E-state index contributed by atoms with van der Waals surface area (Å²) < 4.78 is 15.7. The fraction of sp³-hybridized carbons (Fsp3) is 0.261. The molecule has 1 amide bonds. The summed E-state index contributed by atoms with van der Waals surface area (Å²) in [5, 5.41) is 8.15. The van der Waals surface area contributed by atoms with Gasteiger partial charge in [0.05, 0.1) is 20.3 Å². The van der Waals surface area contributed by atoms with Crippen LogP contribution in [0.5, 0.6) is 11.5 Å². The molecule has 168 valence electrons. The molecule has 0 saturated carbocycles. The van der Waals surface area contributed by atoms with Gasteiger partial charge in [0.2, 0.25) is 0 Å². The number of carbonyl (C=O) groups excluding carboxylic acids is 2. The monoisotopic (exact) mass is 455 g/mol. The topological polar surface area (TPSA) is 98.8 Å². The van der Waals surface area contributed by atoms with Crippen LogP contribution in [-0.2, 0) is 16.1 Å². The van der Waals surface area contributed by atoms with Crippen molar-refractivity contribution in [1.29, 1.82) is 0 Å². The zero-order chi connectivity index (χ0) is 22.9. The van der Waals surface area contributed by atoms with Crippen molar-refractivity contribution in [1.82, 2.24) is 10.3 Å². The van der Waals surface area contributed by atoms with E-state index in [-0.39, 0.29) is 11.7 Å². The Hall–Kier alpha value is -3.59. The average Bonchev–Trinajstić information content (AvgIpc) is 3.30. The molecule has 32 heavy (non-hydrogen) atoms. The first-order valence-corrected chi connectivity index (χ1v) is 10.8. The summed E-state index contributed by atoms with van der Waals surface area (Å²) in [5.74, 6) is 0.172. The molecule has 0 aliphatic heterocycles. The Morgan fingerprint density at radius 3 is 2.59 bits per heavy atom. The number of esters is 1. The number of amides is 1. The van der Waals surface area contributed by atoms with Gasteiger partial charge in [0, 0.05) is 17.5 Å². The first-order chi connectivity index (χ1) is 15.5. The summed E-state index contributed by atoms with van der Waals surface area (Å²) in [4.78, 5) is 28.8. The molecule has 0 fully saturated rings. The van der Waals surface area contributed by atoms with Crippen LogP contribution in [0.25, 0.3) is 0 Å². The largest absolute Gasteiger partial charge is 0.497 e. The van der Waals surface area contributed by atoms with Crippen molar-refractivity contribution in [2.45, 2.75) is 19.5 Å². The van der Waals surface area contributed by atoms with E-state index >= 15 is 0 Å². The first kappa shape index (κ1) is 23.1. The van der Waals surface area contributed by atoms with Gasteiger partial charge in [-0.2, -0.15) is 0 Å². The normalized spacial score (nSPS) is 11.3. The second-order valence-corrected chi connectivity index (χ2v) is 7.71. The van der Waals surface area contributed by atoms with Crippen LogP contribution >= 0.6 is 11.3 Å². The third-order valence-corrected chi connectivity index (χ3v) is 5.42. The number of methoxy groups -OCH3 is 2. The van der Waals surface area contributed by atoms with Gasteiger partial charge in [0.25, 0.3) is 5.91 Å². The Balaban J connectivity index is 1.49. The molecule has 1 unspecified atom stereocenters. The Kier molecular flexibility index (Phi) is 8.04. The number of rotatable bonds is 10. The Morgan fingerprint density at radius 2 is 1.88 bits per heavy atom. The number of nitrogens with zero attached hydrogens (tertiary/aromatic N) is 1. The van der Waals surface area contributed by atoms with E-state index in [1.54, 1.807) is 37.8 Å². The van der Waals surface area contributed by atoms with Gasteiger partial charge in [0.15, 0.2) is 17.4 Å². The van der Waals surface area contributed by atoms with Gasteiger partial charge in [-0.15, -0.1) is 11.3 Å². The number of hydrogen-bond donors (Lipinski definition) is 2. The lowest BCUT2D eigenvalue weighted by molar-refractivity contribution is -0.124. The minimum absolute atomic E-state index is 0.154. The summed E-state index contributed by atoms with van der Waals surface area (Å²) in [6.45, 7) is 1.98. The Morgan fingerprint density at radius 1 is 1.09 bits per heavy atom. The van der Waals surface area contributed by atoms with Crippen molar-refractivity contribution in [2.24, 2.45) is 0 Å². The third-order valence-electron chi connectivity index (χ3n) is 4.62. The van der Waals surface area contributed by atoms with Crippen LogP contribution in [-0.4, -0.2) is 37.7 Å². The molecule has 0 radical (unpaired) electrons. The zero-order valence-electron chi connectivity index (χ0n) is 18.1. The van der Waals surface area contributed by atoms with Gasteiger partial charge < -0.3 is 24.8 Å². The minimum Gasteiger partial charge on any atom is -0.497 e. The van der Waals surface area contributed by atoms with Crippen LogP contribution in [0.15, 0.2) is 53.9 Å². The summed E-state index contributed by atoms with van der Waals surface area (Å²) in [6.07, 6.45) is 0. The lowest BCUT2D eigenvalue weighted by Gasteiger charge is -2.18. The summed E-state index contributed by atoms with van der Waals surface area (Å²) in [6, 6.07) is 14.8. The standard InChI is InChI=1S/C23H25N3O5S/c1-15(18-11-17(29-2)9-10-20(18)30-3)25-21(27)13-31-22(28)19-14-32-23(26-19)24-12-16-7-5-4-6-8-16/h4-11,14-15H,12-13H2,1-3H3,(H,24,26)(H,25,27). The second kappa shape index (κ2) is 11.1. The van der Waals surface area contributed by atoms with Crippen LogP contribution < -0.4 is 20.1 Å². The molecule has 8 nitrogen and oxygen atoms in total. The number of benzene rings is 2. The molecule has 0 spiro atoms. The van der Waals surface area contributed by atoms with Gasteiger partial charge in [-0.3, -0.25) is 4.79 Å². The van der Waals surface area contributed by atoms with E-state index in [4.69, 9.17) is 14.2 Å². The molecular weight excluding hydrogens is 430 g/mol. The SMILES string of the molecule is COc1ccc(OC)c(C(C)NC(=O)COC(=O)c2csc(NCc3ccccc3)n2)c1. The molecule has 0 saturated heterocycles. The Labute approximate surface area is 190 Å². The second-order valence-electron chi connectivity index (χ2n) is 6.85. The molecular formula is C23H25N3O5S. The third kappa shape index (κ3) is 6.21. The smallest absolute Gasteiger partial charge is 0.358 e. The minimum atomic E-state index is -0.657. The molecule has 1 aromatic heterocycles. The highest BCUT2D eigenvalue weighted by molar-refractivity contribution is 7.13. The van der Waals surface area contributed by atoms with Crippen molar-refractivity contribution in [3.8, 4) is 11.5 Å². The fourth-order valence-electron chi connectivity index (χ4n) is 2.97. The maximum absolute atomic E-state index is 12.3. The zero-order valence-corrected chi connectivity index (χ0v) is 18.9. The van der Waals surface area contributed by atoms with Crippen LogP contribution in [0.1, 0.15) is 34.6 Å². The van der Waals surface area contributed by atoms with Crippen LogP contribution in [0.2, 0.25) is 0 Å². The van der Waals surface area contributed by atoms with Crippen LogP contribution in [0, 0.1) is 0 Å². The average molecular weight is 456 g/mol. The van der Waals surface area contributed by atoms with Crippen molar-refractivity contribution >= 4 is 28.3 Å². The van der Waals surface area contributed by atoms with E-state index < -0.39 is 18.5 Å². The summed E-state index contributed by atoms with van der Waals surface area (Å²) in [7, 11) is 3.12. The van der Waals surface area contributed by atoms with E-state index in [2.05, 4.69) is 15.6 Å². The van der Waals surface area contributed by atoms with Crippen molar-refractivity contribution < 1.29 is 23.8 Å². The van der Waals surface area contributed by atoms with Gasteiger partial charge in [0.1, 0.15) is 11.5 Å². The number of hydrogen-bond acceptors (Lipinski definition) is 8. The van der Waals surface area contributed by atoms with E-state index in [9.17, 15) is 9.59 Å². The maximum atomic E-state index is 12.3. The maximum Gasteiger partial charge on any atom is 0.358 e. The molecule has 0 aliphatic rings. The summed E-state index contributed by atoms with van der Waals surface area (Å²) in [5.41, 5.74) is 2.01. The number of carbonyl (C=O) groups is 2. The molecule has 1 heterocycles. The van der Waals surface area contributed by atoms with Crippen molar-refractivity contribution in [3.63, 3.8) is 0 Å². The molecule has 3 rings (SSSR count). The summed E-state index contributed by atoms with van der Waals surface area (Å²) >= 11 is 1.30. The molecule has 9 heteroatoms. The van der Waals surface area contributed by atoms with Crippen molar-refractivity contribution in [3.05, 3.63) is 70.7 Å². The quantitative estimate of drug-likeness (QED) is 0.449. The van der Waals surface area contributed by atoms with Gasteiger partial charge in [-0.1, -0.05) is 30.3 Å². The highest BCUT2D eigenvalue weighted by Gasteiger charge is 2.18. The van der Waals surface area contributed by atoms with Crippen LogP contribution in [0.3, 0.4) is 0 Å². The molecule has 0 bridgehead atoms. The molecule has 3 aromatic rings. The number of thiazole rings is 1. The number of ether oxygens (including phenoxy) is 3. The number of anilines is 1. The highest BCUT2D eigenvalue weighted by Crippen LogP contribution is 2.29. The molecule has 2 N–H and O–H groups in total. The van der Waals surface area contributed by atoms with E-state index in [0.717, 1.165) is 11.1 Å². The Bertz CT molecular complexity index is 1050. The van der Waals surface area contributed by atoms with E-state index in [0.29, 0.717) is 23.2 Å². The molecule has 1 atom stereocenters. The first-order valence-electron chi connectivity index (χ1n) is 9.92. The highest BCUT2D eigenvalue weighted by atomic mass is 32.1.